The second-order valence-corrected chi connectivity index (χ2v) is 13.0. The quantitative estimate of drug-likeness (QED) is 0.340. The number of hydrogen-bond acceptors (Lipinski definition) is 1. The normalized spacial score (nSPS) is 13.6. The van der Waals surface area contributed by atoms with E-state index < -0.39 is 5.96 Å². The van der Waals surface area contributed by atoms with E-state index in [1.165, 1.54) is 0 Å². The van der Waals surface area contributed by atoms with Crippen molar-refractivity contribution >= 4 is 39.4 Å². The standard InChI is InChI=1S/C23H22ClOP/c1-20(19-25)17-18-26(24,21-11-5-2-6-12-21,22-13-7-3-8-14-22)23-15-9-4-10-16-23/h2-17,19H,18H2,1H3/b20-17+. The molecular weight excluding hydrogens is 359 g/mol. The minimum atomic E-state index is -3.28. The van der Waals surface area contributed by atoms with Gasteiger partial charge < -0.3 is 0 Å². The Balaban J connectivity index is 2.41. The van der Waals surface area contributed by atoms with Crippen LogP contribution in [0, 0.1) is 0 Å². The molecule has 0 fully saturated rings. The van der Waals surface area contributed by atoms with Crippen molar-refractivity contribution in [1.29, 1.82) is 0 Å². The molecule has 3 aromatic rings. The monoisotopic (exact) mass is 380 g/mol. The maximum absolute atomic E-state index is 11.2. The average molecular weight is 381 g/mol. The Morgan fingerprint density at radius 3 is 1.42 bits per heavy atom. The van der Waals surface area contributed by atoms with Gasteiger partial charge in [0.1, 0.15) is 0 Å². The molecule has 3 rings (SSSR count). The summed E-state index contributed by atoms with van der Waals surface area (Å²) in [5.74, 6) is -3.28. The molecule has 3 heteroatoms. The maximum atomic E-state index is 11.2. The van der Waals surface area contributed by atoms with E-state index in [4.69, 9.17) is 11.2 Å². The van der Waals surface area contributed by atoms with Gasteiger partial charge in [-0.15, -0.1) is 0 Å². The minimum absolute atomic E-state index is 0.593. The van der Waals surface area contributed by atoms with Crippen molar-refractivity contribution in [2.24, 2.45) is 0 Å². The Hall–Kier alpha value is -2.21. The number of hydrogen-bond donors (Lipinski definition) is 0. The van der Waals surface area contributed by atoms with Crippen molar-refractivity contribution in [2.45, 2.75) is 6.92 Å². The molecule has 0 saturated carbocycles. The molecule has 0 saturated heterocycles. The Labute approximate surface area is 160 Å². The fourth-order valence-corrected chi connectivity index (χ4v) is 9.10. The molecule has 0 aromatic heterocycles. The number of aldehydes is 1. The fraction of sp³-hybridized carbons (Fsp3) is 0.0870. The van der Waals surface area contributed by atoms with Crippen molar-refractivity contribution in [3.8, 4) is 0 Å². The van der Waals surface area contributed by atoms with Crippen LogP contribution in [0.4, 0.5) is 0 Å². The number of benzene rings is 3. The first-order valence-corrected chi connectivity index (χ1v) is 11.9. The summed E-state index contributed by atoms with van der Waals surface area (Å²) >= 11 is 7.85. The first-order valence-electron chi connectivity index (χ1n) is 8.61. The molecule has 26 heavy (non-hydrogen) atoms. The van der Waals surface area contributed by atoms with Gasteiger partial charge in [-0.3, -0.25) is 0 Å². The molecule has 0 atom stereocenters. The Kier molecular flexibility index (Phi) is 5.41. The van der Waals surface area contributed by atoms with Crippen molar-refractivity contribution in [3.05, 3.63) is 103 Å². The molecule has 132 valence electrons. The van der Waals surface area contributed by atoms with Crippen LogP contribution in [0.15, 0.2) is 103 Å². The van der Waals surface area contributed by atoms with Gasteiger partial charge in [-0.25, -0.2) is 0 Å². The van der Waals surface area contributed by atoms with Crippen molar-refractivity contribution < 1.29 is 4.79 Å². The molecule has 3 aromatic carbocycles. The summed E-state index contributed by atoms with van der Waals surface area (Å²) in [7, 11) is 0. The van der Waals surface area contributed by atoms with Crippen LogP contribution in [0.25, 0.3) is 0 Å². The predicted molar refractivity (Wildman–Crippen MR) is 116 cm³/mol. The summed E-state index contributed by atoms with van der Waals surface area (Å²) < 4.78 is 0. The zero-order valence-electron chi connectivity index (χ0n) is 14.8. The van der Waals surface area contributed by atoms with Crippen molar-refractivity contribution in [2.75, 3.05) is 6.16 Å². The summed E-state index contributed by atoms with van der Waals surface area (Å²) in [5, 5.41) is 3.31. The molecule has 0 N–H and O–H groups in total. The van der Waals surface area contributed by atoms with Crippen LogP contribution in [-0.2, 0) is 4.79 Å². The van der Waals surface area contributed by atoms with Gasteiger partial charge in [-0.2, -0.15) is 0 Å². The first-order chi connectivity index (χ1) is 12.6. The van der Waals surface area contributed by atoms with Crippen LogP contribution in [0.2, 0.25) is 0 Å². The van der Waals surface area contributed by atoms with Gasteiger partial charge in [0.2, 0.25) is 0 Å². The number of rotatable bonds is 6. The van der Waals surface area contributed by atoms with E-state index in [2.05, 4.69) is 36.4 Å². The number of allylic oxidation sites excluding steroid dienone is 2. The third-order valence-corrected chi connectivity index (χ3v) is 12.0. The van der Waals surface area contributed by atoms with E-state index in [-0.39, 0.29) is 0 Å². The summed E-state index contributed by atoms with van der Waals surface area (Å²) in [4.78, 5) is 11.2. The number of carbonyl (C=O) groups is 1. The molecule has 0 bridgehead atoms. The summed E-state index contributed by atoms with van der Waals surface area (Å²) in [6, 6.07) is 30.8. The van der Waals surface area contributed by atoms with Crippen LogP contribution in [0.1, 0.15) is 6.92 Å². The molecule has 1 nitrogen and oxygen atoms in total. The Morgan fingerprint density at radius 2 is 1.12 bits per heavy atom. The van der Waals surface area contributed by atoms with E-state index >= 15 is 0 Å². The van der Waals surface area contributed by atoms with Crippen LogP contribution >= 0.6 is 17.2 Å². The van der Waals surface area contributed by atoms with Crippen LogP contribution in [0.5, 0.6) is 0 Å². The van der Waals surface area contributed by atoms with E-state index in [9.17, 15) is 4.79 Å². The van der Waals surface area contributed by atoms with Gasteiger partial charge in [-0.05, 0) is 0 Å². The fourth-order valence-electron chi connectivity index (χ4n) is 3.34. The zero-order chi connectivity index (χ0) is 18.5. The first kappa shape index (κ1) is 18.6. The molecule has 0 heterocycles. The molecule has 0 aliphatic heterocycles. The van der Waals surface area contributed by atoms with Gasteiger partial charge in [0, 0.05) is 0 Å². The molecule has 0 aliphatic carbocycles. The van der Waals surface area contributed by atoms with E-state index in [0.717, 1.165) is 22.2 Å². The topological polar surface area (TPSA) is 17.1 Å². The Morgan fingerprint density at radius 1 is 0.769 bits per heavy atom. The second kappa shape index (κ2) is 7.58. The summed E-state index contributed by atoms with van der Waals surface area (Å²) in [5.41, 5.74) is 0.697. The van der Waals surface area contributed by atoms with Crippen LogP contribution < -0.4 is 15.9 Å². The van der Waals surface area contributed by atoms with Gasteiger partial charge in [0.25, 0.3) is 0 Å². The van der Waals surface area contributed by atoms with Crippen molar-refractivity contribution in [1.82, 2.24) is 0 Å². The molecular formula is C23H22ClOP. The van der Waals surface area contributed by atoms with Gasteiger partial charge in [-0.1, -0.05) is 0 Å². The van der Waals surface area contributed by atoms with E-state index in [1.54, 1.807) is 0 Å². The van der Waals surface area contributed by atoms with Gasteiger partial charge in [0.05, 0.1) is 0 Å². The molecule has 0 unspecified atom stereocenters. The number of halogens is 1. The molecule has 0 radical (unpaired) electrons. The molecule has 0 aliphatic rings. The van der Waals surface area contributed by atoms with E-state index in [1.807, 2.05) is 67.6 Å². The Bertz CT molecular complexity index is 805. The third-order valence-electron chi connectivity index (χ3n) is 4.83. The zero-order valence-corrected chi connectivity index (χ0v) is 16.4. The van der Waals surface area contributed by atoms with Gasteiger partial charge >= 0.3 is 160 Å². The number of carbonyl (C=O) groups excluding carboxylic acids is 1. The third kappa shape index (κ3) is 3.14. The average Bonchev–Trinajstić information content (AvgIpc) is 2.74. The SMILES string of the molecule is C/C(C=O)=C\CP(Cl)(c1ccccc1)(c1ccccc1)c1ccccc1. The van der Waals surface area contributed by atoms with Crippen molar-refractivity contribution in [3.63, 3.8) is 0 Å². The van der Waals surface area contributed by atoms with Crippen LogP contribution in [0.3, 0.4) is 0 Å². The summed E-state index contributed by atoms with van der Waals surface area (Å²) in [6.07, 6.45) is 3.46. The summed E-state index contributed by atoms with van der Waals surface area (Å²) in [6.45, 7) is 1.83. The molecule has 0 amide bonds. The predicted octanol–water partition coefficient (Wildman–Crippen LogP) is 4.82. The van der Waals surface area contributed by atoms with Crippen LogP contribution in [-0.4, -0.2) is 12.4 Å². The second-order valence-electron chi connectivity index (χ2n) is 6.44. The molecule has 0 spiro atoms. The van der Waals surface area contributed by atoms with E-state index in [0.29, 0.717) is 11.7 Å². The van der Waals surface area contributed by atoms with Gasteiger partial charge in [0.15, 0.2) is 0 Å².